The van der Waals surface area contributed by atoms with E-state index in [0.717, 1.165) is 48.4 Å². The molecule has 5 rings (SSSR count). The maximum absolute atomic E-state index is 12.2. The highest BCUT2D eigenvalue weighted by atomic mass is 32.1. The lowest BCUT2D eigenvalue weighted by atomic mass is 9.83. The molecule has 134 valence electrons. The van der Waals surface area contributed by atoms with Gasteiger partial charge >= 0.3 is 0 Å². The van der Waals surface area contributed by atoms with E-state index in [1.165, 1.54) is 12.1 Å². The molecule has 3 aromatic heterocycles. The van der Waals surface area contributed by atoms with Crippen LogP contribution in [0.25, 0.3) is 10.8 Å². The molecular formula is C20H21N3O2S. The predicted octanol–water partition coefficient (Wildman–Crippen LogP) is 3.49. The minimum atomic E-state index is 0.138. The minimum Gasteiger partial charge on any atom is -0.440 e. The summed E-state index contributed by atoms with van der Waals surface area (Å²) in [6.07, 6.45) is 1.18. The van der Waals surface area contributed by atoms with Gasteiger partial charge in [-0.15, -0.1) is 11.3 Å². The zero-order valence-electron chi connectivity index (χ0n) is 14.7. The van der Waals surface area contributed by atoms with Crippen LogP contribution in [0.1, 0.15) is 29.5 Å². The largest absolute Gasteiger partial charge is 0.440 e. The summed E-state index contributed by atoms with van der Waals surface area (Å²) in [5.74, 6) is 2.59. The van der Waals surface area contributed by atoms with Gasteiger partial charge in [0.15, 0.2) is 0 Å². The number of aryl methyl sites for hydroxylation is 1. The molecule has 0 saturated carbocycles. The highest BCUT2D eigenvalue weighted by molar-refractivity contribution is 7.13. The van der Waals surface area contributed by atoms with Gasteiger partial charge in [-0.3, -0.25) is 9.69 Å². The molecule has 2 bridgehead atoms. The molecule has 0 radical (unpaired) electrons. The van der Waals surface area contributed by atoms with E-state index < -0.39 is 0 Å². The van der Waals surface area contributed by atoms with Gasteiger partial charge in [0.2, 0.25) is 5.89 Å². The van der Waals surface area contributed by atoms with Crippen molar-refractivity contribution in [2.24, 2.45) is 5.92 Å². The standard InChI is InChI=1S/C20H21N3O2S/c1-13-16(21-20(25-13)18-5-3-7-26-18)12-22-9-14-8-15(11-22)17-4-2-6-19(24)23(17)10-14/h2-7,14-15H,8-12H2,1H3. The number of thiophene rings is 1. The van der Waals surface area contributed by atoms with Crippen LogP contribution in [-0.2, 0) is 13.1 Å². The van der Waals surface area contributed by atoms with Crippen molar-refractivity contribution in [3.8, 4) is 10.8 Å². The van der Waals surface area contributed by atoms with Crippen molar-refractivity contribution in [3.05, 3.63) is 63.2 Å². The highest BCUT2D eigenvalue weighted by Gasteiger charge is 2.34. The molecule has 5 nitrogen and oxygen atoms in total. The zero-order chi connectivity index (χ0) is 17.7. The van der Waals surface area contributed by atoms with Crippen LogP contribution in [0, 0.1) is 12.8 Å². The average Bonchev–Trinajstić information content (AvgIpc) is 3.26. The number of piperidine rings is 1. The van der Waals surface area contributed by atoms with Gasteiger partial charge in [-0.1, -0.05) is 12.1 Å². The summed E-state index contributed by atoms with van der Waals surface area (Å²) in [7, 11) is 0. The van der Waals surface area contributed by atoms with Gasteiger partial charge in [0, 0.05) is 43.9 Å². The van der Waals surface area contributed by atoms with E-state index in [9.17, 15) is 4.79 Å². The number of nitrogens with zero attached hydrogens (tertiary/aromatic N) is 3. The highest BCUT2D eigenvalue weighted by Crippen LogP contribution is 2.36. The molecule has 1 saturated heterocycles. The zero-order valence-corrected chi connectivity index (χ0v) is 15.5. The van der Waals surface area contributed by atoms with Crippen molar-refractivity contribution in [1.29, 1.82) is 0 Å². The number of oxazole rings is 1. The van der Waals surface area contributed by atoms with Gasteiger partial charge in [0.1, 0.15) is 5.76 Å². The Labute approximate surface area is 155 Å². The number of likely N-dealkylation sites (tertiary alicyclic amines) is 1. The fraction of sp³-hybridized carbons (Fsp3) is 0.400. The van der Waals surface area contributed by atoms with Gasteiger partial charge in [-0.05, 0) is 36.8 Å². The molecule has 2 atom stereocenters. The van der Waals surface area contributed by atoms with Crippen molar-refractivity contribution in [1.82, 2.24) is 14.5 Å². The van der Waals surface area contributed by atoms with Crippen molar-refractivity contribution in [2.75, 3.05) is 13.1 Å². The average molecular weight is 367 g/mol. The summed E-state index contributed by atoms with van der Waals surface area (Å²) in [6.45, 7) is 5.63. The molecule has 2 unspecified atom stereocenters. The van der Waals surface area contributed by atoms with Gasteiger partial charge in [0.25, 0.3) is 5.56 Å². The normalized spacial score (nSPS) is 22.3. The molecule has 6 heteroatoms. The maximum atomic E-state index is 12.2. The number of fused-ring (bicyclic) bond motifs is 4. The van der Waals surface area contributed by atoms with E-state index in [1.54, 1.807) is 17.4 Å². The van der Waals surface area contributed by atoms with Crippen LogP contribution < -0.4 is 5.56 Å². The van der Waals surface area contributed by atoms with Crippen molar-refractivity contribution in [2.45, 2.75) is 32.4 Å². The third kappa shape index (κ3) is 2.73. The summed E-state index contributed by atoms with van der Waals surface area (Å²) >= 11 is 1.65. The van der Waals surface area contributed by atoms with E-state index in [1.807, 2.05) is 35.1 Å². The Balaban J connectivity index is 1.38. The van der Waals surface area contributed by atoms with Crippen LogP contribution in [0.2, 0.25) is 0 Å². The van der Waals surface area contributed by atoms with Crippen molar-refractivity contribution >= 4 is 11.3 Å². The fourth-order valence-electron chi connectivity index (χ4n) is 4.42. The predicted molar refractivity (Wildman–Crippen MR) is 101 cm³/mol. The number of hydrogen-bond acceptors (Lipinski definition) is 5. The molecule has 2 aliphatic heterocycles. The van der Waals surface area contributed by atoms with Crippen LogP contribution in [0.3, 0.4) is 0 Å². The monoisotopic (exact) mass is 367 g/mol. The third-order valence-corrected chi connectivity index (χ3v) is 6.41. The number of rotatable bonds is 3. The summed E-state index contributed by atoms with van der Waals surface area (Å²) in [4.78, 5) is 20.4. The second kappa shape index (κ2) is 6.21. The van der Waals surface area contributed by atoms with Crippen LogP contribution in [0.15, 0.2) is 44.9 Å². The Morgan fingerprint density at radius 2 is 2.15 bits per heavy atom. The van der Waals surface area contributed by atoms with Gasteiger partial charge in [-0.2, -0.15) is 0 Å². The summed E-state index contributed by atoms with van der Waals surface area (Å²) in [6, 6.07) is 9.74. The fourth-order valence-corrected chi connectivity index (χ4v) is 5.07. The molecule has 0 amide bonds. The Morgan fingerprint density at radius 3 is 3.00 bits per heavy atom. The van der Waals surface area contributed by atoms with E-state index in [-0.39, 0.29) is 5.56 Å². The smallest absolute Gasteiger partial charge is 0.250 e. The van der Waals surface area contributed by atoms with Crippen LogP contribution in [-0.4, -0.2) is 27.5 Å². The molecule has 26 heavy (non-hydrogen) atoms. The van der Waals surface area contributed by atoms with Gasteiger partial charge in [-0.25, -0.2) is 4.98 Å². The molecular weight excluding hydrogens is 346 g/mol. The van der Waals surface area contributed by atoms with Crippen molar-refractivity contribution in [3.63, 3.8) is 0 Å². The summed E-state index contributed by atoms with van der Waals surface area (Å²) in [5.41, 5.74) is 2.35. The first-order valence-electron chi connectivity index (χ1n) is 9.09. The number of pyridine rings is 1. The van der Waals surface area contributed by atoms with E-state index >= 15 is 0 Å². The summed E-state index contributed by atoms with van der Waals surface area (Å²) in [5, 5.41) is 2.04. The third-order valence-electron chi connectivity index (χ3n) is 5.55. The van der Waals surface area contributed by atoms with Crippen LogP contribution in [0.5, 0.6) is 0 Å². The van der Waals surface area contributed by atoms with Crippen LogP contribution in [0.4, 0.5) is 0 Å². The first-order chi connectivity index (χ1) is 12.7. The minimum absolute atomic E-state index is 0.138. The molecule has 0 aliphatic carbocycles. The quantitative estimate of drug-likeness (QED) is 0.711. The molecule has 2 aliphatic rings. The second-order valence-electron chi connectivity index (χ2n) is 7.39. The Hall–Kier alpha value is -2.18. The number of aromatic nitrogens is 2. The van der Waals surface area contributed by atoms with Gasteiger partial charge in [0.05, 0.1) is 10.6 Å². The number of hydrogen-bond donors (Lipinski definition) is 0. The van der Waals surface area contributed by atoms with Gasteiger partial charge < -0.3 is 8.98 Å². The lowest BCUT2D eigenvalue weighted by molar-refractivity contribution is 0.113. The second-order valence-corrected chi connectivity index (χ2v) is 8.34. The van der Waals surface area contributed by atoms with Crippen molar-refractivity contribution < 1.29 is 4.42 Å². The van der Waals surface area contributed by atoms with E-state index in [0.29, 0.717) is 11.8 Å². The first-order valence-corrected chi connectivity index (χ1v) is 9.97. The molecule has 3 aromatic rings. The SMILES string of the molecule is Cc1oc(-c2cccs2)nc1CN1CC2CC(C1)c1cccc(=O)n1C2. The van der Waals surface area contributed by atoms with E-state index in [4.69, 9.17) is 9.40 Å². The lowest BCUT2D eigenvalue weighted by Gasteiger charge is -2.42. The Morgan fingerprint density at radius 1 is 1.23 bits per heavy atom. The Kier molecular flexibility index (Phi) is 3.83. The lowest BCUT2D eigenvalue weighted by Crippen LogP contribution is -2.46. The van der Waals surface area contributed by atoms with Crippen LogP contribution >= 0.6 is 11.3 Å². The Bertz CT molecular complexity index is 989. The maximum Gasteiger partial charge on any atom is 0.250 e. The molecule has 1 fully saturated rings. The summed E-state index contributed by atoms with van der Waals surface area (Å²) < 4.78 is 7.87. The topological polar surface area (TPSA) is 51.3 Å². The molecule has 0 N–H and O–H groups in total. The van der Waals surface area contributed by atoms with E-state index in [2.05, 4.69) is 11.0 Å². The first kappa shape index (κ1) is 16.0. The molecule has 5 heterocycles. The molecule has 0 spiro atoms. The molecule has 0 aromatic carbocycles.